The van der Waals surface area contributed by atoms with Crippen molar-refractivity contribution in [3.05, 3.63) is 0 Å². The van der Waals surface area contributed by atoms with Crippen LogP contribution in [0.4, 0.5) is 0 Å². The molecule has 1 heterocycles. The van der Waals surface area contributed by atoms with Gasteiger partial charge in [-0.1, -0.05) is 6.92 Å². The van der Waals surface area contributed by atoms with Gasteiger partial charge < -0.3 is 15.0 Å². The molecule has 4 nitrogen and oxygen atoms in total. The van der Waals surface area contributed by atoms with Crippen molar-refractivity contribution in [1.29, 1.82) is 0 Å². The topological polar surface area (TPSA) is 36.9 Å². The molecule has 2 rings (SSSR count). The molecule has 0 amide bonds. The van der Waals surface area contributed by atoms with Crippen LogP contribution in [-0.2, 0) is 4.74 Å². The largest absolute Gasteiger partial charge is 0.381 e. The van der Waals surface area contributed by atoms with Gasteiger partial charge in [-0.2, -0.15) is 0 Å². The number of guanidine groups is 1. The first-order chi connectivity index (χ1) is 8.63. The molecule has 0 aromatic carbocycles. The van der Waals surface area contributed by atoms with Crippen LogP contribution in [0.3, 0.4) is 0 Å². The molecule has 0 spiro atoms. The summed E-state index contributed by atoms with van der Waals surface area (Å²) in [6.07, 6.45) is 3.84. The van der Waals surface area contributed by atoms with Crippen LogP contribution >= 0.6 is 0 Å². The third-order valence-electron chi connectivity index (χ3n) is 3.97. The van der Waals surface area contributed by atoms with Crippen LogP contribution in [-0.4, -0.2) is 50.8 Å². The minimum Gasteiger partial charge on any atom is -0.381 e. The molecule has 1 unspecified atom stereocenters. The van der Waals surface area contributed by atoms with E-state index in [1.165, 1.54) is 19.3 Å². The van der Waals surface area contributed by atoms with E-state index in [0.717, 1.165) is 38.8 Å². The Morgan fingerprint density at radius 1 is 1.50 bits per heavy atom. The third-order valence-corrected chi connectivity index (χ3v) is 3.97. The number of hydrogen-bond acceptors (Lipinski definition) is 2. The maximum Gasteiger partial charge on any atom is 0.193 e. The lowest BCUT2D eigenvalue weighted by Gasteiger charge is -2.25. The Bertz CT molecular complexity index is 293. The van der Waals surface area contributed by atoms with Gasteiger partial charge in [0.15, 0.2) is 5.96 Å². The number of nitrogens with zero attached hydrogens (tertiary/aromatic N) is 2. The van der Waals surface area contributed by atoms with Gasteiger partial charge in [0.2, 0.25) is 0 Å². The summed E-state index contributed by atoms with van der Waals surface area (Å²) in [5.74, 6) is 1.72. The second-order valence-corrected chi connectivity index (χ2v) is 6.09. The van der Waals surface area contributed by atoms with E-state index >= 15 is 0 Å². The van der Waals surface area contributed by atoms with Gasteiger partial charge in [-0.15, -0.1) is 0 Å². The highest BCUT2D eigenvalue weighted by Crippen LogP contribution is 2.45. The first-order valence-corrected chi connectivity index (χ1v) is 7.20. The highest BCUT2D eigenvalue weighted by Gasteiger charge is 2.37. The molecule has 2 fully saturated rings. The predicted octanol–water partition coefficient (Wildman–Crippen LogP) is 1.72. The molecule has 1 aliphatic heterocycles. The number of hydrogen-bond donors (Lipinski definition) is 1. The lowest BCUT2D eigenvalue weighted by atomic mass is 10.1. The lowest BCUT2D eigenvalue weighted by Crippen LogP contribution is -2.41. The Morgan fingerprint density at radius 2 is 2.28 bits per heavy atom. The van der Waals surface area contributed by atoms with Crippen LogP contribution in [0.15, 0.2) is 4.99 Å². The normalized spacial score (nSPS) is 26.2. The van der Waals surface area contributed by atoms with E-state index in [0.29, 0.717) is 11.3 Å². The smallest absolute Gasteiger partial charge is 0.193 e. The molecule has 0 aromatic rings. The Hall–Kier alpha value is -0.770. The average Bonchev–Trinajstić information content (AvgIpc) is 2.87. The van der Waals surface area contributed by atoms with Crippen molar-refractivity contribution in [3.63, 3.8) is 0 Å². The van der Waals surface area contributed by atoms with Gasteiger partial charge in [-0.3, -0.25) is 4.99 Å². The number of aliphatic imine (C=N–C) groups is 1. The van der Waals surface area contributed by atoms with E-state index in [2.05, 4.69) is 31.1 Å². The fourth-order valence-electron chi connectivity index (χ4n) is 2.31. The van der Waals surface area contributed by atoms with Crippen molar-refractivity contribution < 1.29 is 4.74 Å². The predicted molar refractivity (Wildman–Crippen MR) is 74.9 cm³/mol. The molecule has 1 aliphatic carbocycles. The molecule has 1 N–H and O–H groups in total. The van der Waals surface area contributed by atoms with E-state index in [9.17, 15) is 0 Å². The zero-order valence-electron chi connectivity index (χ0n) is 12.0. The van der Waals surface area contributed by atoms with Crippen LogP contribution in [0, 0.1) is 11.3 Å². The number of nitrogens with one attached hydrogen (secondary N) is 1. The summed E-state index contributed by atoms with van der Waals surface area (Å²) in [6.45, 7) is 9.21. The maximum absolute atomic E-state index is 5.43. The molecule has 1 saturated carbocycles. The SMILES string of the molecule is CCNC(=NCC1(C)CC1)N(C)CC1CCOC1. The second kappa shape index (κ2) is 5.91. The minimum atomic E-state index is 0.484. The zero-order valence-corrected chi connectivity index (χ0v) is 12.0. The summed E-state index contributed by atoms with van der Waals surface area (Å²) >= 11 is 0. The fourth-order valence-corrected chi connectivity index (χ4v) is 2.31. The van der Waals surface area contributed by atoms with Crippen molar-refractivity contribution in [2.75, 3.05) is 39.9 Å². The fraction of sp³-hybridized carbons (Fsp3) is 0.929. The molecular weight excluding hydrogens is 226 g/mol. The standard InChI is InChI=1S/C14H27N3O/c1-4-15-13(16-11-14(2)6-7-14)17(3)9-12-5-8-18-10-12/h12H,4-11H2,1-3H3,(H,15,16). The highest BCUT2D eigenvalue weighted by atomic mass is 16.5. The molecule has 0 bridgehead atoms. The molecule has 4 heteroatoms. The van der Waals surface area contributed by atoms with Crippen LogP contribution in [0.2, 0.25) is 0 Å². The summed E-state index contributed by atoms with van der Waals surface area (Å²) in [5, 5.41) is 3.39. The van der Waals surface area contributed by atoms with E-state index < -0.39 is 0 Å². The summed E-state index contributed by atoms with van der Waals surface area (Å²) in [7, 11) is 2.13. The van der Waals surface area contributed by atoms with Gasteiger partial charge in [-0.05, 0) is 31.6 Å². The zero-order chi connectivity index (χ0) is 13.0. The first-order valence-electron chi connectivity index (χ1n) is 7.20. The van der Waals surface area contributed by atoms with Gasteiger partial charge in [0.1, 0.15) is 0 Å². The van der Waals surface area contributed by atoms with Crippen molar-refractivity contribution in [1.82, 2.24) is 10.2 Å². The quantitative estimate of drug-likeness (QED) is 0.599. The molecule has 0 radical (unpaired) electrons. The Kier molecular flexibility index (Phi) is 4.49. The van der Waals surface area contributed by atoms with E-state index in [1.807, 2.05) is 0 Å². The average molecular weight is 253 g/mol. The summed E-state index contributed by atoms with van der Waals surface area (Å²) in [5.41, 5.74) is 0.484. The Labute approximate surface area is 111 Å². The molecule has 1 atom stereocenters. The van der Waals surface area contributed by atoms with Gasteiger partial charge >= 0.3 is 0 Å². The number of rotatable bonds is 5. The van der Waals surface area contributed by atoms with Crippen LogP contribution in [0.5, 0.6) is 0 Å². The number of ether oxygens (including phenoxy) is 1. The van der Waals surface area contributed by atoms with Crippen LogP contribution in [0.25, 0.3) is 0 Å². The minimum absolute atomic E-state index is 0.484. The van der Waals surface area contributed by atoms with Crippen molar-refractivity contribution in [2.24, 2.45) is 16.3 Å². The van der Waals surface area contributed by atoms with Crippen molar-refractivity contribution in [3.8, 4) is 0 Å². The lowest BCUT2D eigenvalue weighted by molar-refractivity contribution is 0.181. The van der Waals surface area contributed by atoms with Gasteiger partial charge in [0.25, 0.3) is 0 Å². The van der Waals surface area contributed by atoms with Gasteiger partial charge in [0, 0.05) is 39.2 Å². The summed E-state index contributed by atoms with van der Waals surface area (Å²) < 4.78 is 5.43. The van der Waals surface area contributed by atoms with Crippen molar-refractivity contribution in [2.45, 2.75) is 33.1 Å². The molecule has 104 valence electrons. The van der Waals surface area contributed by atoms with Crippen molar-refractivity contribution >= 4 is 5.96 Å². The van der Waals surface area contributed by atoms with Gasteiger partial charge in [0.05, 0.1) is 6.61 Å². The van der Waals surface area contributed by atoms with E-state index in [-0.39, 0.29) is 0 Å². The second-order valence-electron chi connectivity index (χ2n) is 6.09. The summed E-state index contributed by atoms with van der Waals surface area (Å²) in [6, 6.07) is 0. The molecule has 18 heavy (non-hydrogen) atoms. The van der Waals surface area contributed by atoms with E-state index in [1.54, 1.807) is 0 Å². The molecule has 1 saturated heterocycles. The summed E-state index contributed by atoms with van der Waals surface area (Å²) in [4.78, 5) is 7.04. The van der Waals surface area contributed by atoms with Crippen LogP contribution in [0.1, 0.15) is 33.1 Å². The maximum atomic E-state index is 5.43. The van der Waals surface area contributed by atoms with E-state index in [4.69, 9.17) is 9.73 Å². The molecule has 0 aromatic heterocycles. The van der Waals surface area contributed by atoms with Crippen LogP contribution < -0.4 is 5.32 Å². The Morgan fingerprint density at radius 3 is 2.83 bits per heavy atom. The van der Waals surface area contributed by atoms with Gasteiger partial charge in [-0.25, -0.2) is 0 Å². The monoisotopic (exact) mass is 253 g/mol. The molecule has 2 aliphatic rings. The molecular formula is C14H27N3O. The highest BCUT2D eigenvalue weighted by molar-refractivity contribution is 5.79. The first kappa shape index (κ1) is 13.7. The third kappa shape index (κ3) is 3.87. The Balaban J connectivity index is 1.86.